The predicted octanol–water partition coefficient (Wildman–Crippen LogP) is 7.01. The van der Waals surface area contributed by atoms with Gasteiger partial charge in [-0.25, -0.2) is 12.2 Å². The summed E-state index contributed by atoms with van der Waals surface area (Å²) in [6.45, 7) is 0. The van der Waals surface area contributed by atoms with Crippen LogP contribution < -0.4 is 0 Å². The first kappa shape index (κ1) is 42.9. The van der Waals surface area contributed by atoms with Crippen LogP contribution in [-0.2, 0) is 26.2 Å². The van der Waals surface area contributed by atoms with Crippen molar-refractivity contribution in [3.8, 4) is 0 Å². The molecule has 0 aliphatic heterocycles. The number of benzene rings is 1. The van der Waals surface area contributed by atoms with E-state index < -0.39 is 0 Å². The summed E-state index contributed by atoms with van der Waals surface area (Å²) >= 11 is 0. The van der Waals surface area contributed by atoms with Crippen molar-refractivity contribution in [1.82, 2.24) is 0 Å². The van der Waals surface area contributed by atoms with Crippen molar-refractivity contribution >= 4 is 10.8 Å². The summed E-state index contributed by atoms with van der Waals surface area (Å²) in [6.07, 6.45) is 10.0. The first-order chi connectivity index (χ1) is 6.97. The zero-order valence-electron chi connectivity index (χ0n) is 15.5. The molecule has 0 N–H and O–H groups in total. The fraction of sp³-hybridized carbons (Fsp3) is 0.0476. The van der Waals surface area contributed by atoms with Crippen molar-refractivity contribution in [2.75, 3.05) is 0 Å². The number of hydrogen-bond donors (Lipinski definition) is 0. The number of allylic oxidation sites excluding steroid dienone is 4. The van der Waals surface area contributed by atoms with Crippen LogP contribution in [0.4, 0.5) is 0 Å². The van der Waals surface area contributed by atoms with Gasteiger partial charge in [-0.2, -0.15) is 23.6 Å². The largest absolute Gasteiger partial charge is 0.358 e. The molecule has 0 aromatic heterocycles. The monoisotopic (exact) mass is 375 g/mol. The van der Waals surface area contributed by atoms with E-state index in [2.05, 4.69) is 54.6 Å². The molecule has 0 spiro atoms. The maximum atomic E-state index is 2.99. The van der Waals surface area contributed by atoms with Gasteiger partial charge >= 0.3 is 0 Å². The number of fused-ring (bicyclic) bond motifs is 1. The molecule has 0 fully saturated rings. The third kappa shape index (κ3) is 14.1. The third-order valence-corrected chi connectivity index (χ3v) is 2.13. The van der Waals surface area contributed by atoms with E-state index in [-0.39, 0.29) is 78.2 Å². The molecule has 0 nitrogen and oxygen atoms in total. The van der Waals surface area contributed by atoms with Crippen molar-refractivity contribution in [2.24, 2.45) is 0 Å². The van der Waals surface area contributed by atoms with Gasteiger partial charge in [-0.15, -0.1) is 36.1 Å². The van der Waals surface area contributed by atoms with Crippen molar-refractivity contribution in [1.29, 1.82) is 0 Å². The second-order valence-electron chi connectivity index (χ2n) is 3.16. The van der Waals surface area contributed by atoms with Gasteiger partial charge < -0.3 is 52.0 Å². The Kier molecular flexibility index (Phi) is 49.1. The van der Waals surface area contributed by atoms with Crippen LogP contribution in [-0.4, -0.2) is 0 Å². The molecule has 2 aromatic carbocycles. The normalized spacial score (nSPS) is 8.18. The summed E-state index contributed by atoms with van der Waals surface area (Å²) in [5, 5.41) is 2.66. The van der Waals surface area contributed by atoms with Crippen LogP contribution in [0.3, 0.4) is 0 Å². The van der Waals surface area contributed by atoms with E-state index in [1.165, 1.54) is 10.8 Å². The summed E-state index contributed by atoms with van der Waals surface area (Å²) in [4.78, 5) is 0. The van der Waals surface area contributed by atoms with Gasteiger partial charge in [0.2, 0.25) is 0 Å². The standard InChI is InChI=1S/C9H7.C5H5.7CH3.Zr/c1-2-5-9-7-3-6-8(9)4-1;1-2-4-5-3-1;;;;;;;;/h1-7H;1-3H,4H2;7*1H3;/q9*-1;. The van der Waals surface area contributed by atoms with Crippen LogP contribution in [0.1, 0.15) is 6.42 Å². The van der Waals surface area contributed by atoms with E-state index in [9.17, 15) is 0 Å². The van der Waals surface area contributed by atoms with E-state index >= 15 is 0 Å². The van der Waals surface area contributed by atoms with Crippen LogP contribution >= 0.6 is 0 Å². The van der Waals surface area contributed by atoms with Crippen LogP contribution in [0.5, 0.6) is 0 Å². The zero-order valence-corrected chi connectivity index (χ0v) is 17.9. The van der Waals surface area contributed by atoms with Crippen LogP contribution in [0.2, 0.25) is 0 Å². The average Bonchev–Trinajstić information content (AvgIpc) is 2.92. The Bertz CT molecular complexity index is 409. The predicted molar refractivity (Wildman–Crippen MR) is 106 cm³/mol. The van der Waals surface area contributed by atoms with Gasteiger partial charge in [0.25, 0.3) is 0 Å². The molecule has 0 bridgehead atoms. The van der Waals surface area contributed by atoms with Gasteiger partial charge in [-0.05, 0) is 0 Å². The molecule has 0 amide bonds. The number of hydrogen-bond acceptors (Lipinski definition) is 0. The third-order valence-electron chi connectivity index (χ3n) is 2.13. The summed E-state index contributed by atoms with van der Waals surface area (Å²) in [6, 6.07) is 14.7. The molecule has 0 heterocycles. The molecule has 0 atom stereocenters. The summed E-state index contributed by atoms with van der Waals surface area (Å²) in [5.41, 5.74) is 0. The molecule has 0 saturated heterocycles. The molecular weight excluding hydrogens is 343 g/mol. The first-order valence-electron chi connectivity index (χ1n) is 4.79. The molecule has 0 saturated carbocycles. The Morgan fingerprint density at radius 2 is 1.41 bits per heavy atom. The van der Waals surface area contributed by atoms with Gasteiger partial charge in [0.1, 0.15) is 0 Å². The summed E-state index contributed by atoms with van der Waals surface area (Å²) in [5.74, 6) is 0. The number of rotatable bonds is 0. The van der Waals surface area contributed by atoms with Gasteiger partial charge in [0.15, 0.2) is 0 Å². The van der Waals surface area contributed by atoms with Crippen LogP contribution in [0.15, 0.2) is 60.7 Å². The first-order valence-corrected chi connectivity index (χ1v) is 4.79. The van der Waals surface area contributed by atoms with Crippen molar-refractivity contribution < 1.29 is 26.2 Å². The Balaban J connectivity index is -0.0000000319. The maximum absolute atomic E-state index is 2.99. The van der Waals surface area contributed by atoms with Crippen molar-refractivity contribution in [3.63, 3.8) is 0 Å². The van der Waals surface area contributed by atoms with E-state index in [0.29, 0.717) is 0 Å². The molecule has 0 unspecified atom stereocenters. The molecular formula is C21H33Zr-9. The Morgan fingerprint density at radius 1 is 0.818 bits per heavy atom. The molecule has 3 rings (SSSR count). The average molecular weight is 377 g/mol. The Hall–Kier alpha value is -0.807. The van der Waals surface area contributed by atoms with E-state index in [4.69, 9.17) is 0 Å². The second-order valence-corrected chi connectivity index (χ2v) is 3.16. The fourth-order valence-electron chi connectivity index (χ4n) is 1.41. The van der Waals surface area contributed by atoms with E-state index in [1.54, 1.807) is 0 Å². The van der Waals surface area contributed by atoms with Gasteiger partial charge in [-0.3, -0.25) is 6.08 Å². The zero-order chi connectivity index (χ0) is 9.64. The molecule has 1 aliphatic carbocycles. The smallest absolute Gasteiger partial charge is 0 e. The minimum atomic E-state index is 0. The van der Waals surface area contributed by atoms with Gasteiger partial charge in [0, 0.05) is 26.2 Å². The van der Waals surface area contributed by atoms with Crippen LogP contribution in [0, 0.1) is 58.1 Å². The minimum Gasteiger partial charge on any atom is -0.358 e. The second kappa shape index (κ2) is 25.2. The molecule has 2 aromatic rings. The topological polar surface area (TPSA) is 0 Å². The molecule has 0 radical (unpaired) electrons. The van der Waals surface area contributed by atoms with Crippen LogP contribution in [0.25, 0.3) is 10.8 Å². The SMILES string of the molecule is [C-]1=CC=CC1.[CH3-].[CH3-].[CH3-].[CH3-].[CH3-].[CH3-].[CH3-].[Zr].c1ccc2[cH-]ccc2c1. The molecule has 22 heavy (non-hydrogen) atoms. The molecule has 1 heteroatoms. The summed E-state index contributed by atoms with van der Waals surface area (Å²) in [7, 11) is 0. The Labute approximate surface area is 161 Å². The minimum absolute atomic E-state index is 0. The van der Waals surface area contributed by atoms with E-state index in [0.717, 1.165) is 6.42 Å². The van der Waals surface area contributed by atoms with Gasteiger partial charge in [0.05, 0.1) is 0 Å². The van der Waals surface area contributed by atoms with E-state index in [1.807, 2.05) is 12.2 Å². The quantitative estimate of drug-likeness (QED) is 0.434. The molecule has 1 aliphatic rings. The fourth-order valence-corrected chi connectivity index (χ4v) is 1.41. The van der Waals surface area contributed by atoms with Gasteiger partial charge in [-0.1, -0.05) is 6.07 Å². The Morgan fingerprint density at radius 3 is 1.82 bits per heavy atom. The summed E-state index contributed by atoms with van der Waals surface area (Å²) < 4.78 is 0. The maximum Gasteiger partial charge on any atom is 0 e. The van der Waals surface area contributed by atoms with Crippen molar-refractivity contribution in [2.45, 2.75) is 6.42 Å². The van der Waals surface area contributed by atoms with Crippen molar-refractivity contribution in [3.05, 3.63) is 119 Å². The molecule has 130 valence electrons.